The van der Waals surface area contributed by atoms with Gasteiger partial charge in [-0.1, -0.05) is 24.2 Å². The second-order valence-electron chi connectivity index (χ2n) is 4.25. The molecule has 0 fully saturated rings. The van der Waals surface area contributed by atoms with E-state index in [9.17, 15) is 13.5 Å². The first-order chi connectivity index (χ1) is 9.42. The lowest BCUT2D eigenvalue weighted by Crippen LogP contribution is -2.13. The summed E-state index contributed by atoms with van der Waals surface area (Å²) in [7, 11) is -3.82. The fourth-order valence-electron chi connectivity index (χ4n) is 1.64. The molecule has 0 saturated heterocycles. The fraction of sp³-hybridized carbons (Fsp3) is 0.333. The molecule has 108 valence electrons. The van der Waals surface area contributed by atoms with E-state index < -0.39 is 16.1 Å². The van der Waals surface area contributed by atoms with Gasteiger partial charge in [-0.3, -0.25) is 0 Å². The number of aryl methyl sites for hydroxylation is 1. The quantitative estimate of drug-likeness (QED) is 0.868. The molecule has 2 N–H and O–H groups in total. The summed E-state index contributed by atoms with van der Waals surface area (Å²) in [5, 5.41) is 13.3. The molecular weight excluding hydrogens is 282 g/mol. The van der Waals surface area contributed by atoms with E-state index in [0.717, 1.165) is 0 Å². The van der Waals surface area contributed by atoms with Crippen LogP contribution < -0.4 is 4.72 Å². The van der Waals surface area contributed by atoms with Crippen LogP contribution in [0.15, 0.2) is 33.7 Å². The number of anilines is 1. The van der Waals surface area contributed by atoms with Gasteiger partial charge < -0.3 is 9.63 Å². The Labute approximate surface area is 116 Å². The summed E-state index contributed by atoms with van der Waals surface area (Å²) in [6.07, 6.45) is -0.199. The lowest BCUT2D eigenvalue weighted by atomic mass is 10.1. The number of aliphatic hydroxyl groups is 1. The molecule has 0 amide bonds. The number of nitrogens with one attached hydrogen (secondary N) is 1. The van der Waals surface area contributed by atoms with Crippen LogP contribution >= 0.6 is 0 Å². The Morgan fingerprint density at radius 2 is 2.20 bits per heavy atom. The van der Waals surface area contributed by atoms with Crippen molar-refractivity contribution in [1.82, 2.24) is 10.1 Å². The Morgan fingerprint density at radius 1 is 1.45 bits per heavy atom. The van der Waals surface area contributed by atoms with E-state index >= 15 is 0 Å². The predicted molar refractivity (Wildman–Crippen MR) is 71.5 cm³/mol. The second-order valence-corrected chi connectivity index (χ2v) is 5.93. The summed E-state index contributed by atoms with van der Waals surface area (Å²) in [6, 6.07) is 5.90. The van der Waals surface area contributed by atoms with Gasteiger partial charge in [-0.05, 0) is 31.0 Å². The molecule has 0 saturated carbocycles. The van der Waals surface area contributed by atoms with Gasteiger partial charge in [0.15, 0.2) is 5.82 Å². The van der Waals surface area contributed by atoms with E-state index in [1.807, 2.05) is 6.92 Å². The van der Waals surface area contributed by atoms with Crippen molar-refractivity contribution in [2.75, 3.05) is 4.72 Å². The molecule has 20 heavy (non-hydrogen) atoms. The van der Waals surface area contributed by atoms with Gasteiger partial charge in [-0.25, -0.2) is 13.1 Å². The Balaban J connectivity index is 2.29. The van der Waals surface area contributed by atoms with Crippen molar-refractivity contribution in [2.24, 2.45) is 0 Å². The SMILES string of the molecule is CCC(O)c1cccc(S(=O)(=O)Nc2nc(C)no2)c1. The molecule has 0 radical (unpaired) electrons. The monoisotopic (exact) mass is 297 g/mol. The van der Waals surface area contributed by atoms with Gasteiger partial charge in [0.1, 0.15) is 0 Å². The van der Waals surface area contributed by atoms with Gasteiger partial charge in [0.2, 0.25) is 0 Å². The van der Waals surface area contributed by atoms with Crippen LogP contribution in [0.3, 0.4) is 0 Å². The Kier molecular flexibility index (Phi) is 4.05. The third kappa shape index (κ3) is 3.14. The summed E-state index contributed by atoms with van der Waals surface area (Å²) in [5.74, 6) is 0.331. The zero-order valence-corrected chi connectivity index (χ0v) is 11.9. The minimum Gasteiger partial charge on any atom is -0.388 e. The first kappa shape index (κ1) is 14.5. The highest BCUT2D eigenvalue weighted by atomic mass is 32.2. The standard InChI is InChI=1S/C12H15N3O4S/c1-3-11(16)9-5-4-6-10(7-9)20(17,18)15-12-13-8(2)14-19-12/h4-7,11,16H,3H2,1-2H3,(H,13,14,15). The summed E-state index contributed by atoms with van der Waals surface area (Å²) in [4.78, 5) is 3.80. The zero-order chi connectivity index (χ0) is 14.8. The van der Waals surface area contributed by atoms with Gasteiger partial charge in [-0.15, -0.1) is 0 Å². The average Bonchev–Trinajstić information content (AvgIpc) is 2.82. The minimum atomic E-state index is -3.82. The summed E-state index contributed by atoms with van der Waals surface area (Å²) in [5.41, 5.74) is 0.539. The van der Waals surface area contributed by atoms with Crippen molar-refractivity contribution in [3.63, 3.8) is 0 Å². The Bertz CT molecular complexity index is 696. The Hall–Kier alpha value is -1.93. The molecular formula is C12H15N3O4S. The number of benzene rings is 1. The number of hydrogen-bond acceptors (Lipinski definition) is 6. The van der Waals surface area contributed by atoms with Crippen molar-refractivity contribution in [1.29, 1.82) is 0 Å². The number of nitrogens with zero attached hydrogens (tertiary/aromatic N) is 2. The van der Waals surface area contributed by atoms with Gasteiger partial charge in [0.25, 0.3) is 10.0 Å². The maximum atomic E-state index is 12.2. The van der Waals surface area contributed by atoms with Crippen LogP contribution in [0.4, 0.5) is 6.01 Å². The lowest BCUT2D eigenvalue weighted by molar-refractivity contribution is 0.173. The molecule has 0 spiro atoms. The molecule has 8 heteroatoms. The van der Waals surface area contributed by atoms with Crippen molar-refractivity contribution in [3.8, 4) is 0 Å². The molecule has 2 rings (SSSR count). The van der Waals surface area contributed by atoms with Crippen LogP contribution in [0, 0.1) is 6.92 Å². The molecule has 1 atom stereocenters. The number of aliphatic hydroxyl groups excluding tert-OH is 1. The van der Waals surface area contributed by atoms with Crippen LogP contribution in [0.5, 0.6) is 0 Å². The normalized spacial score (nSPS) is 13.2. The predicted octanol–water partition coefficient (Wildman–Crippen LogP) is 1.62. The van der Waals surface area contributed by atoms with E-state index in [0.29, 0.717) is 17.8 Å². The second kappa shape index (κ2) is 5.59. The maximum Gasteiger partial charge on any atom is 0.335 e. The van der Waals surface area contributed by atoms with Crippen LogP contribution in [-0.4, -0.2) is 23.7 Å². The highest BCUT2D eigenvalue weighted by Crippen LogP contribution is 2.21. The van der Waals surface area contributed by atoms with E-state index in [1.165, 1.54) is 12.1 Å². The average molecular weight is 297 g/mol. The third-order valence-electron chi connectivity index (χ3n) is 2.69. The summed E-state index contributed by atoms with van der Waals surface area (Å²) < 4.78 is 31.2. The molecule has 0 aliphatic rings. The summed E-state index contributed by atoms with van der Waals surface area (Å²) in [6.45, 7) is 3.39. The third-order valence-corrected chi connectivity index (χ3v) is 4.01. The zero-order valence-electron chi connectivity index (χ0n) is 11.1. The molecule has 0 aliphatic heterocycles. The number of hydrogen-bond donors (Lipinski definition) is 2. The van der Waals surface area contributed by atoms with E-state index in [-0.39, 0.29) is 10.9 Å². The largest absolute Gasteiger partial charge is 0.388 e. The first-order valence-electron chi connectivity index (χ1n) is 6.03. The molecule has 2 aromatic rings. The summed E-state index contributed by atoms with van der Waals surface area (Å²) >= 11 is 0. The highest BCUT2D eigenvalue weighted by molar-refractivity contribution is 7.92. The van der Waals surface area contributed by atoms with Crippen LogP contribution in [0.25, 0.3) is 0 Å². The van der Waals surface area contributed by atoms with Crippen LogP contribution in [0.1, 0.15) is 30.8 Å². The Morgan fingerprint density at radius 3 is 2.80 bits per heavy atom. The van der Waals surface area contributed by atoms with Gasteiger partial charge in [-0.2, -0.15) is 4.98 Å². The van der Waals surface area contributed by atoms with Gasteiger partial charge in [0.05, 0.1) is 11.0 Å². The van der Waals surface area contributed by atoms with Crippen molar-refractivity contribution in [3.05, 3.63) is 35.7 Å². The van der Waals surface area contributed by atoms with E-state index in [1.54, 1.807) is 19.1 Å². The van der Waals surface area contributed by atoms with E-state index in [4.69, 9.17) is 4.52 Å². The lowest BCUT2D eigenvalue weighted by Gasteiger charge is -2.10. The number of sulfonamides is 1. The van der Waals surface area contributed by atoms with Gasteiger partial charge in [0, 0.05) is 0 Å². The van der Waals surface area contributed by atoms with Crippen LogP contribution in [0.2, 0.25) is 0 Å². The fourth-order valence-corrected chi connectivity index (χ4v) is 2.62. The maximum absolute atomic E-state index is 12.2. The van der Waals surface area contributed by atoms with Crippen molar-refractivity contribution < 1.29 is 18.0 Å². The van der Waals surface area contributed by atoms with Crippen molar-refractivity contribution in [2.45, 2.75) is 31.3 Å². The molecule has 1 heterocycles. The molecule has 1 aromatic carbocycles. The van der Waals surface area contributed by atoms with Crippen LogP contribution in [-0.2, 0) is 10.0 Å². The first-order valence-corrected chi connectivity index (χ1v) is 7.52. The topological polar surface area (TPSA) is 105 Å². The highest BCUT2D eigenvalue weighted by Gasteiger charge is 2.18. The minimum absolute atomic E-state index is 0.0263. The molecule has 7 nitrogen and oxygen atoms in total. The molecule has 0 aliphatic carbocycles. The van der Waals surface area contributed by atoms with E-state index in [2.05, 4.69) is 14.9 Å². The van der Waals surface area contributed by atoms with Crippen molar-refractivity contribution >= 4 is 16.0 Å². The molecule has 0 bridgehead atoms. The smallest absolute Gasteiger partial charge is 0.335 e. The number of rotatable bonds is 5. The number of aromatic nitrogens is 2. The van der Waals surface area contributed by atoms with Gasteiger partial charge >= 0.3 is 6.01 Å². The molecule has 1 aromatic heterocycles. The molecule has 1 unspecified atom stereocenters.